The molecule has 2 aromatic carbocycles. The predicted molar refractivity (Wildman–Crippen MR) is 90.4 cm³/mol. The van der Waals surface area contributed by atoms with E-state index in [1.807, 2.05) is 0 Å². The number of non-ortho nitro benzene ring substituents is 1. The third-order valence-corrected chi connectivity index (χ3v) is 3.93. The summed E-state index contributed by atoms with van der Waals surface area (Å²) in [5, 5.41) is 10.6. The van der Waals surface area contributed by atoms with Crippen LogP contribution in [0.4, 0.5) is 11.4 Å². The fourth-order valence-electron chi connectivity index (χ4n) is 2.56. The number of ether oxygens (including phenoxy) is 1. The fraction of sp³-hybridized carbons (Fsp3) is 0.167. The summed E-state index contributed by atoms with van der Waals surface area (Å²) >= 11 is 0. The second-order valence-electron chi connectivity index (χ2n) is 5.67. The number of hydrogen-bond acceptors (Lipinski definition) is 6. The van der Waals surface area contributed by atoms with E-state index in [9.17, 15) is 24.5 Å². The summed E-state index contributed by atoms with van der Waals surface area (Å²) in [5.74, 6) is -1.10. The summed E-state index contributed by atoms with van der Waals surface area (Å²) in [4.78, 5) is 46.7. The molecule has 3 rings (SSSR count). The first-order chi connectivity index (χ1) is 12.5. The van der Waals surface area contributed by atoms with Gasteiger partial charge in [-0.05, 0) is 42.0 Å². The van der Waals surface area contributed by atoms with Crippen molar-refractivity contribution in [3.63, 3.8) is 0 Å². The lowest BCUT2D eigenvalue weighted by atomic mass is 10.2. The first-order valence-corrected chi connectivity index (χ1v) is 7.82. The fourth-order valence-corrected chi connectivity index (χ4v) is 2.56. The molecular weight excluding hydrogens is 340 g/mol. The van der Waals surface area contributed by atoms with Crippen LogP contribution in [0.15, 0.2) is 48.5 Å². The van der Waals surface area contributed by atoms with Gasteiger partial charge in [0.15, 0.2) is 0 Å². The van der Waals surface area contributed by atoms with Gasteiger partial charge in [-0.25, -0.2) is 4.79 Å². The van der Waals surface area contributed by atoms with Crippen molar-refractivity contribution >= 4 is 29.2 Å². The summed E-state index contributed by atoms with van der Waals surface area (Å²) in [6, 6.07) is 11.7. The average Bonchev–Trinajstić information content (AvgIpc) is 2.98. The molecule has 0 atom stereocenters. The van der Waals surface area contributed by atoms with Crippen LogP contribution < -0.4 is 4.90 Å². The summed E-state index contributed by atoms with van der Waals surface area (Å²) in [5.41, 5.74) is 1.27. The monoisotopic (exact) mass is 354 g/mol. The maximum atomic E-state index is 12.1. The van der Waals surface area contributed by atoms with E-state index < -0.39 is 10.9 Å². The Hall–Kier alpha value is -3.55. The van der Waals surface area contributed by atoms with Crippen molar-refractivity contribution in [1.82, 2.24) is 0 Å². The molecule has 1 aliphatic rings. The average molecular weight is 354 g/mol. The Kier molecular flexibility index (Phi) is 4.74. The molecule has 8 nitrogen and oxygen atoms in total. The molecule has 1 heterocycles. The highest BCUT2D eigenvalue weighted by atomic mass is 16.6. The molecule has 0 bridgehead atoms. The molecule has 0 saturated carbocycles. The normalized spacial score (nSPS) is 13.8. The highest BCUT2D eigenvalue weighted by Gasteiger charge is 2.30. The number of nitrogens with zero attached hydrogens (tertiary/aromatic N) is 2. The molecule has 132 valence electrons. The number of nitro benzene ring substituents is 1. The van der Waals surface area contributed by atoms with Gasteiger partial charge in [0, 0.05) is 25.0 Å². The second-order valence-corrected chi connectivity index (χ2v) is 5.67. The third-order valence-electron chi connectivity index (χ3n) is 3.93. The van der Waals surface area contributed by atoms with E-state index >= 15 is 0 Å². The second kappa shape index (κ2) is 7.14. The van der Waals surface area contributed by atoms with Crippen LogP contribution in [0.1, 0.15) is 28.8 Å². The first-order valence-electron chi connectivity index (χ1n) is 7.82. The maximum Gasteiger partial charge on any atom is 0.338 e. The Balaban J connectivity index is 1.62. The molecule has 1 aliphatic heterocycles. The van der Waals surface area contributed by atoms with Crippen LogP contribution in [0.5, 0.6) is 0 Å². The quantitative estimate of drug-likeness (QED) is 0.353. The third kappa shape index (κ3) is 3.59. The van der Waals surface area contributed by atoms with Crippen molar-refractivity contribution < 1.29 is 24.0 Å². The maximum absolute atomic E-state index is 12.1. The minimum Gasteiger partial charge on any atom is -0.457 e. The zero-order valence-electron chi connectivity index (χ0n) is 13.6. The van der Waals surface area contributed by atoms with Crippen molar-refractivity contribution in [2.45, 2.75) is 19.4 Å². The van der Waals surface area contributed by atoms with Crippen LogP contribution in [-0.4, -0.2) is 22.7 Å². The molecule has 26 heavy (non-hydrogen) atoms. The number of anilines is 1. The van der Waals surface area contributed by atoms with Gasteiger partial charge < -0.3 is 4.74 Å². The van der Waals surface area contributed by atoms with Gasteiger partial charge in [0.05, 0.1) is 16.2 Å². The van der Waals surface area contributed by atoms with E-state index in [4.69, 9.17) is 4.74 Å². The van der Waals surface area contributed by atoms with Gasteiger partial charge in [-0.15, -0.1) is 0 Å². The molecule has 0 spiro atoms. The summed E-state index contributed by atoms with van der Waals surface area (Å²) in [7, 11) is 0. The van der Waals surface area contributed by atoms with E-state index in [-0.39, 0.29) is 42.5 Å². The summed E-state index contributed by atoms with van der Waals surface area (Å²) < 4.78 is 5.17. The SMILES string of the molecule is O=C(OCc1ccc([N+](=O)[O-])cc1)c1ccc(N2C(=O)CCC2=O)cc1. The number of hydrogen-bond donors (Lipinski definition) is 0. The van der Waals surface area contributed by atoms with Crippen molar-refractivity contribution in [3.8, 4) is 0 Å². The molecule has 2 aromatic rings. The van der Waals surface area contributed by atoms with Gasteiger partial charge in [0.1, 0.15) is 6.61 Å². The first kappa shape index (κ1) is 17.3. The van der Waals surface area contributed by atoms with Crippen molar-refractivity contribution in [2.75, 3.05) is 4.90 Å². The Morgan fingerprint density at radius 3 is 2.12 bits per heavy atom. The summed E-state index contributed by atoms with van der Waals surface area (Å²) in [6.45, 7) is -0.0261. The van der Waals surface area contributed by atoms with Crippen molar-refractivity contribution in [3.05, 3.63) is 69.8 Å². The van der Waals surface area contributed by atoms with Crippen LogP contribution in [0, 0.1) is 10.1 Å². The van der Waals surface area contributed by atoms with Crippen LogP contribution in [0.3, 0.4) is 0 Å². The van der Waals surface area contributed by atoms with Crippen molar-refractivity contribution in [1.29, 1.82) is 0 Å². The van der Waals surface area contributed by atoms with E-state index in [1.165, 1.54) is 48.5 Å². The predicted octanol–water partition coefficient (Wildman–Crippen LogP) is 2.61. The molecular formula is C18H14N2O6. The largest absolute Gasteiger partial charge is 0.457 e. The summed E-state index contributed by atoms with van der Waals surface area (Å²) in [6.07, 6.45) is 0.385. The zero-order valence-corrected chi connectivity index (χ0v) is 13.6. The topological polar surface area (TPSA) is 107 Å². The number of imide groups is 1. The lowest BCUT2D eigenvalue weighted by molar-refractivity contribution is -0.384. The standard InChI is InChI=1S/C18H14N2O6/c21-16-9-10-17(22)19(16)14-7-3-13(4-8-14)18(23)26-11-12-1-5-15(6-2-12)20(24)25/h1-8H,9-11H2. The molecule has 0 unspecified atom stereocenters. The number of carbonyl (C=O) groups excluding carboxylic acids is 3. The van der Waals surface area contributed by atoms with Crippen molar-refractivity contribution in [2.24, 2.45) is 0 Å². The number of carbonyl (C=O) groups is 3. The molecule has 0 aliphatic carbocycles. The number of nitro groups is 1. The number of benzene rings is 2. The Bertz CT molecular complexity index is 858. The molecule has 0 aromatic heterocycles. The van der Waals surface area contributed by atoms with Gasteiger partial charge in [0.2, 0.25) is 11.8 Å². The van der Waals surface area contributed by atoms with Gasteiger partial charge in [-0.1, -0.05) is 0 Å². The van der Waals surface area contributed by atoms with E-state index in [2.05, 4.69) is 0 Å². The number of amides is 2. The molecule has 1 saturated heterocycles. The Labute approximate surface area is 148 Å². The minimum atomic E-state index is -0.575. The van der Waals surface area contributed by atoms with Gasteiger partial charge >= 0.3 is 5.97 Å². The van der Waals surface area contributed by atoms with E-state index in [1.54, 1.807) is 0 Å². The lowest BCUT2D eigenvalue weighted by Crippen LogP contribution is -2.28. The highest BCUT2D eigenvalue weighted by molar-refractivity contribution is 6.19. The molecule has 0 N–H and O–H groups in total. The smallest absolute Gasteiger partial charge is 0.338 e. The highest BCUT2D eigenvalue weighted by Crippen LogP contribution is 2.23. The molecule has 0 radical (unpaired) electrons. The minimum absolute atomic E-state index is 0.0261. The van der Waals surface area contributed by atoms with E-state index in [0.717, 1.165) is 4.90 Å². The van der Waals surface area contributed by atoms with Crippen LogP contribution in [0.2, 0.25) is 0 Å². The van der Waals surface area contributed by atoms with Gasteiger partial charge in [0.25, 0.3) is 5.69 Å². The van der Waals surface area contributed by atoms with E-state index in [0.29, 0.717) is 11.3 Å². The molecule has 1 fully saturated rings. The van der Waals surface area contributed by atoms with Crippen LogP contribution in [0.25, 0.3) is 0 Å². The number of rotatable bonds is 5. The zero-order chi connectivity index (χ0) is 18.7. The molecule has 2 amide bonds. The van der Waals surface area contributed by atoms with Gasteiger partial charge in [-0.2, -0.15) is 0 Å². The number of esters is 1. The van der Waals surface area contributed by atoms with Crippen LogP contribution >= 0.6 is 0 Å². The van der Waals surface area contributed by atoms with Gasteiger partial charge in [-0.3, -0.25) is 24.6 Å². The lowest BCUT2D eigenvalue weighted by Gasteiger charge is -2.14. The molecule has 8 heteroatoms. The van der Waals surface area contributed by atoms with Crippen LogP contribution in [-0.2, 0) is 20.9 Å². The Morgan fingerprint density at radius 2 is 1.58 bits per heavy atom. The Morgan fingerprint density at radius 1 is 1.00 bits per heavy atom.